The van der Waals surface area contributed by atoms with Crippen LogP contribution in [0.25, 0.3) is 22.3 Å². The average Bonchev–Trinajstić information content (AvgIpc) is 2.94. The fourth-order valence-electron chi connectivity index (χ4n) is 5.20. The average molecular weight is 499 g/mol. The van der Waals surface area contributed by atoms with Gasteiger partial charge in [-0.2, -0.15) is 0 Å². The van der Waals surface area contributed by atoms with Crippen molar-refractivity contribution in [1.29, 1.82) is 0 Å². The number of aromatic hydroxyl groups is 2. The molecule has 0 radical (unpaired) electrons. The number of hydrogen-bond donors (Lipinski definition) is 2. The maximum Gasteiger partial charge on any atom is 0.123 e. The fourth-order valence-corrected chi connectivity index (χ4v) is 5.20. The second-order valence-electron chi connectivity index (χ2n) is 11.0. The summed E-state index contributed by atoms with van der Waals surface area (Å²) in [6.45, 7) is 9.04. The van der Waals surface area contributed by atoms with E-state index in [0.717, 1.165) is 22.3 Å². The molecule has 38 heavy (non-hydrogen) atoms. The van der Waals surface area contributed by atoms with Gasteiger partial charge in [0, 0.05) is 22.0 Å². The highest BCUT2D eigenvalue weighted by Gasteiger charge is 2.28. The zero-order valence-electron chi connectivity index (χ0n) is 22.4. The van der Waals surface area contributed by atoms with Crippen molar-refractivity contribution in [1.82, 2.24) is 0 Å². The van der Waals surface area contributed by atoms with Crippen molar-refractivity contribution in [2.24, 2.45) is 0 Å². The van der Waals surface area contributed by atoms with Crippen molar-refractivity contribution < 1.29 is 10.2 Å². The molecular weight excluding hydrogens is 464 g/mol. The maximum atomic E-state index is 10.2. The predicted octanol–water partition coefficient (Wildman–Crippen LogP) is 9.08. The molecule has 0 aromatic heterocycles. The molecule has 2 heteroatoms. The van der Waals surface area contributed by atoms with Crippen LogP contribution in [0.3, 0.4) is 0 Å². The molecule has 0 atom stereocenters. The molecule has 0 amide bonds. The summed E-state index contributed by atoms with van der Waals surface area (Å²) in [7, 11) is 0. The van der Waals surface area contributed by atoms with E-state index in [0.29, 0.717) is 11.5 Å². The lowest BCUT2D eigenvalue weighted by Crippen LogP contribution is -2.22. The predicted molar refractivity (Wildman–Crippen MR) is 158 cm³/mol. The van der Waals surface area contributed by atoms with Crippen LogP contribution in [0, 0.1) is 0 Å². The molecule has 0 saturated heterocycles. The quantitative estimate of drug-likeness (QED) is 0.245. The summed E-state index contributed by atoms with van der Waals surface area (Å²) in [4.78, 5) is 0. The number of phenols is 2. The van der Waals surface area contributed by atoms with E-state index in [1.54, 1.807) is 12.1 Å². The Hall–Kier alpha value is -4.30. The van der Waals surface area contributed by atoms with Gasteiger partial charge in [0.15, 0.2) is 0 Å². The molecule has 5 aromatic carbocycles. The van der Waals surface area contributed by atoms with Gasteiger partial charge in [0.25, 0.3) is 0 Å². The van der Waals surface area contributed by atoms with Gasteiger partial charge in [0.2, 0.25) is 0 Å². The first-order valence-electron chi connectivity index (χ1n) is 13.1. The molecule has 5 rings (SSSR count). The van der Waals surface area contributed by atoms with Crippen molar-refractivity contribution in [3.05, 3.63) is 144 Å². The maximum absolute atomic E-state index is 10.2. The molecule has 0 saturated carbocycles. The van der Waals surface area contributed by atoms with Crippen LogP contribution in [0.5, 0.6) is 11.5 Å². The van der Waals surface area contributed by atoms with Crippen LogP contribution in [-0.4, -0.2) is 10.2 Å². The van der Waals surface area contributed by atoms with Gasteiger partial charge in [-0.1, -0.05) is 137 Å². The highest BCUT2D eigenvalue weighted by atomic mass is 16.3. The third-order valence-electron chi connectivity index (χ3n) is 7.95. The highest BCUT2D eigenvalue weighted by Crippen LogP contribution is 2.39. The van der Waals surface area contributed by atoms with Crippen LogP contribution in [-0.2, 0) is 10.8 Å². The van der Waals surface area contributed by atoms with Gasteiger partial charge < -0.3 is 10.2 Å². The minimum absolute atomic E-state index is 0.196. The van der Waals surface area contributed by atoms with Crippen molar-refractivity contribution in [2.45, 2.75) is 38.5 Å². The molecule has 5 aromatic rings. The van der Waals surface area contributed by atoms with Crippen LogP contribution in [0.1, 0.15) is 49.9 Å². The van der Waals surface area contributed by atoms with Crippen LogP contribution in [0.15, 0.2) is 121 Å². The van der Waals surface area contributed by atoms with Crippen molar-refractivity contribution in [2.75, 3.05) is 0 Å². The Morgan fingerprint density at radius 1 is 0.395 bits per heavy atom. The van der Waals surface area contributed by atoms with E-state index < -0.39 is 0 Å². The second kappa shape index (κ2) is 9.87. The zero-order chi connectivity index (χ0) is 26.9. The number of para-hydroxylation sites is 2. The lowest BCUT2D eigenvalue weighted by Gasteiger charge is -2.31. The van der Waals surface area contributed by atoms with Crippen molar-refractivity contribution in [3.63, 3.8) is 0 Å². The Balaban J connectivity index is 1.43. The van der Waals surface area contributed by atoms with E-state index in [-0.39, 0.29) is 10.8 Å². The topological polar surface area (TPSA) is 40.5 Å². The first kappa shape index (κ1) is 25.4. The first-order chi connectivity index (χ1) is 18.2. The Morgan fingerprint density at radius 2 is 0.763 bits per heavy atom. The van der Waals surface area contributed by atoms with E-state index >= 15 is 0 Å². The third-order valence-corrected chi connectivity index (χ3v) is 7.95. The molecule has 2 nitrogen and oxygen atoms in total. The van der Waals surface area contributed by atoms with Gasteiger partial charge >= 0.3 is 0 Å². The lowest BCUT2D eigenvalue weighted by molar-refractivity contribution is 0.477. The molecule has 0 bridgehead atoms. The molecule has 0 spiro atoms. The molecule has 0 aliphatic carbocycles. The number of hydrogen-bond acceptors (Lipinski definition) is 2. The van der Waals surface area contributed by atoms with Gasteiger partial charge in [-0.05, 0) is 45.5 Å². The normalized spacial score (nSPS) is 11.9. The van der Waals surface area contributed by atoms with Crippen LogP contribution < -0.4 is 0 Å². The molecule has 0 heterocycles. The van der Waals surface area contributed by atoms with E-state index in [1.807, 2.05) is 36.4 Å². The van der Waals surface area contributed by atoms with Crippen LogP contribution in [0.2, 0.25) is 0 Å². The third kappa shape index (κ3) is 4.70. The molecule has 0 fully saturated rings. The Labute approximate surface area is 225 Å². The van der Waals surface area contributed by atoms with Gasteiger partial charge in [-0.25, -0.2) is 0 Å². The highest BCUT2D eigenvalue weighted by molar-refractivity contribution is 5.71. The summed E-state index contributed by atoms with van der Waals surface area (Å²) in [6, 6.07) is 40.8. The largest absolute Gasteiger partial charge is 0.507 e. The summed E-state index contributed by atoms with van der Waals surface area (Å²) in [5.74, 6) is 0.589. The van der Waals surface area contributed by atoms with Crippen molar-refractivity contribution in [3.8, 4) is 33.8 Å². The molecule has 190 valence electrons. The molecule has 0 aliphatic heterocycles. The minimum atomic E-state index is -0.196. The van der Waals surface area contributed by atoms with Gasteiger partial charge in [0.1, 0.15) is 11.5 Å². The molecule has 0 aliphatic rings. The summed E-state index contributed by atoms with van der Waals surface area (Å²) in [6.07, 6.45) is 0. The second-order valence-corrected chi connectivity index (χ2v) is 11.0. The fraction of sp³-hybridized carbons (Fsp3) is 0.167. The SMILES string of the molecule is CC(C)(c1ccc(-c2ccccc2O)cc1)c1cccc(C(C)(C)c2ccc(-c3ccccc3O)cc2)c1. The number of benzene rings is 5. The summed E-state index contributed by atoms with van der Waals surface area (Å²) in [5.41, 5.74) is 8.25. The molecule has 2 N–H and O–H groups in total. The van der Waals surface area contributed by atoms with Crippen molar-refractivity contribution >= 4 is 0 Å². The van der Waals surface area contributed by atoms with Crippen LogP contribution >= 0.6 is 0 Å². The Bertz CT molecular complexity index is 1440. The summed E-state index contributed by atoms with van der Waals surface area (Å²) >= 11 is 0. The van der Waals surface area contributed by atoms with Crippen LogP contribution in [0.4, 0.5) is 0 Å². The smallest absolute Gasteiger partial charge is 0.123 e. The molecule has 0 unspecified atom stereocenters. The lowest BCUT2D eigenvalue weighted by atomic mass is 9.73. The number of phenolic OH excluding ortho intramolecular Hbond substituents is 2. The first-order valence-corrected chi connectivity index (χ1v) is 13.1. The summed E-state index contributed by atoms with van der Waals surface area (Å²) in [5, 5.41) is 20.5. The Kier molecular flexibility index (Phi) is 6.59. The van der Waals surface area contributed by atoms with Gasteiger partial charge in [0.05, 0.1) is 0 Å². The number of rotatable bonds is 6. The van der Waals surface area contributed by atoms with E-state index in [4.69, 9.17) is 0 Å². The van der Waals surface area contributed by atoms with E-state index in [1.165, 1.54) is 22.3 Å². The van der Waals surface area contributed by atoms with Gasteiger partial charge in [-0.15, -0.1) is 0 Å². The minimum Gasteiger partial charge on any atom is -0.507 e. The van der Waals surface area contributed by atoms with E-state index in [2.05, 4.69) is 100 Å². The molecular formula is C36H34O2. The summed E-state index contributed by atoms with van der Waals surface area (Å²) < 4.78 is 0. The zero-order valence-corrected chi connectivity index (χ0v) is 22.4. The van der Waals surface area contributed by atoms with Gasteiger partial charge in [-0.3, -0.25) is 0 Å². The van der Waals surface area contributed by atoms with E-state index in [9.17, 15) is 10.2 Å². The Morgan fingerprint density at radius 3 is 1.13 bits per heavy atom. The standard InChI is InChI=1S/C36H34O2/c1-35(2,27-20-16-25(17-21-27)31-12-5-7-14-33(31)37)29-10-9-11-30(24-29)36(3,4)28-22-18-26(19-23-28)32-13-6-8-15-34(32)38/h5-24,37-38H,1-4H3. The monoisotopic (exact) mass is 498 g/mol.